The molecule has 27 heavy (non-hydrogen) atoms. The first-order valence-electron chi connectivity index (χ1n) is 7.78. The van der Waals surface area contributed by atoms with Crippen molar-refractivity contribution in [1.82, 2.24) is 9.97 Å². The van der Waals surface area contributed by atoms with Gasteiger partial charge in [-0.25, -0.2) is 9.37 Å². The van der Waals surface area contributed by atoms with E-state index in [9.17, 15) is 4.39 Å². The Morgan fingerprint density at radius 1 is 1.44 bits per heavy atom. The zero-order chi connectivity index (χ0) is 19.6. The molecule has 11 heteroatoms. The summed E-state index contributed by atoms with van der Waals surface area (Å²) in [5, 5.41) is 20.4. The van der Waals surface area contributed by atoms with E-state index in [2.05, 4.69) is 25.6 Å². The normalized spacial score (nSPS) is 11.8. The molecule has 0 saturated carbocycles. The zero-order valence-electron chi connectivity index (χ0n) is 14.2. The summed E-state index contributed by atoms with van der Waals surface area (Å²) in [6, 6.07) is 4.60. The van der Waals surface area contributed by atoms with Crippen LogP contribution in [0.15, 0.2) is 46.2 Å². The van der Waals surface area contributed by atoms with E-state index < -0.39 is 0 Å². The summed E-state index contributed by atoms with van der Waals surface area (Å²) in [5.41, 5.74) is 6.38. The van der Waals surface area contributed by atoms with E-state index in [0.29, 0.717) is 17.1 Å². The quantitative estimate of drug-likeness (QED) is 0.313. The number of nitrogens with zero attached hydrogens (tertiary/aromatic N) is 3. The molecule has 0 spiro atoms. The van der Waals surface area contributed by atoms with Crippen molar-refractivity contribution in [2.45, 2.75) is 11.4 Å². The molecule has 0 atom stereocenters. The molecule has 2 rings (SSSR count). The Morgan fingerprint density at radius 3 is 2.96 bits per heavy atom. The molecule has 1 aromatic carbocycles. The molecule has 2 aromatic rings. The maximum absolute atomic E-state index is 13.9. The third-order valence-electron chi connectivity index (χ3n) is 3.24. The van der Waals surface area contributed by atoms with Gasteiger partial charge in [-0.3, -0.25) is 10.1 Å². The number of allylic oxidation sites excluding steroid dienone is 1. The van der Waals surface area contributed by atoms with Gasteiger partial charge in [0.2, 0.25) is 5.95 Å². The number of aliphatic imine (C=N–C) groups is 1. The maximum atomic E-state index is 13.9. The second-order valence-corrected chi connectivity index (χ2v) is 6.23. The van der Waals surface area contributed by atoms with E-state index in [0.717, 1.165) is 16.8 Å². The van der Waals surface area contributed by atoms with Gasteiger partial charge in [-0.2, -0.15) is 4.98 Å². The molecule has 0 aliphatic carbocycles. The minimum Gasteiger partial charge on any atom is -0.403 e. The van der Waals surface area contributed by atoms with Crippen molar-refractivity contribution in [3.63, 3.8) is 0 Å². The zero-order valence-corrected chi connectivity index (χ0v) is 15.8. The number of aliphatic hydroxyl groups is 1. The number of halogens is 2. The molecular formula is C16H19ClFN7OS. The van der Waals surface area contributed by atoms with Gasteiger partial charge in [0, 0.05) is 29.4 Å². The highest BCUT2D eigenvalue weighted by atomic mass is 35.5. The van der Waals surface area contributed by atoms with Crippen molar-refractivity contribution >= 4 is 41.5 Å². The third kappa shape index (κ3) is 6.36. The van der Waals surface area contributed by atoms with Crippen LogP contribution in [0.25, 0.3) is 0 Å². The number of nitrogens with two attached hydrogens (primary N) is 2. The summed E-state index contributed by atoms with van der Waals surface area (Å²) >= 11 is 7.14. The predicted octanol–water partition coefficient (Wildman–Crippen LogP) is 2.12. The molecular weight excluding hydrogens is 393 g/mol. The smallest absolute Gasteiger partial charge is 0.229 e. The topological polar surface area (TPSA) is 134 Å². The van der Waals surface area contributed by atoms with E-state index >= 15 is 0 Å². The second kappa shape index (κ2) is 10.7. The number of benzene rings is 1. The Balaban J connectivity index is 2.11. The highest BCUT2D eigenvalue weighted by molar-refractivity contribution is 7.97. The molecule has 0 radical (unpaired) electrons. The Kier molecular flexibility index (Phi) is 8.27. The van der Waals surface area contributed by atoms with Crippen LogP contribution in [0, 0.1) is 5.82 Å². The van der Waals surface area contributed by atoms with Gasteiger partial charge >= 0.3 is 0 Å². The van der Waals surface area contributed by atoms with Crippen molar-refractivity contribution in [3.8, 4) is 0 Å². The molecule has 0 fully saturated rings. The largest absolute Gasteiger partial charge is 0.403 e. The number of anilines is 2. The molecule has 0 saturated heterocycles. The first kappa shape index (κ1) is 20.9. The first-order valence-corrected chi connectivity index (χ1v) is 9.04. The van der Waals surface area contributed by atoms with Gasteiger partial charge in [-0.05, 0) is 30.1 Å². The fraction of sp³-hybridized carbons (Fsp3) is 0.188. The fourth-order valence-electron chi connectivity index (χ4n) is 1.96. The number of rotatable bonds is 9. The van der Waals surface area contributed by atoms with Crippen molar-refractivity contribution in [2.24, 2.45) is 15.9 Å². The van der Waals surface area contributed by atoms with Crippen LogP contribution in [0.4, 0.5) is 16.2 Å². The van der Waals surface area contributed by atoms with Crippen LogP contribution in [0.5, 0.6) is 0 Å². The number of aromatic nitrogens is 2. The van der Waals surface area contributed by atoms with Crippen LogP contribution in [0.3, 0.4) is 0 Å². The Bertz CT molecular complexity index is 834. The SMILES string of the molecule is NC=C(C=NCCO)Nc1ncc(Cl)c(NCc2cc(SN)ccc2F)n1. The molecule has 0 bridgehead atoms. The Morgan fingerprint density at radius 2 is 2.26 bits per heavy atom. The van der Waals surface area contributed by atoms with E-state index in [4.69, 9.17) is 27.6 Å². The maximum Gasteiger partial charge on any atom is 0.229 e. The molecule has 8 nitrogen and oxygen atoms in total. The number of hydrogen-bond acceptors (Lipinski definition) is 9. The summed E-state index contributed by atoms with van der Waals surface area (Å²) < 4.78 is 13.9. The van der Waals surface area contributed by atoms with Crippen LogP contribution < -0.4 is 21.5 Å². The van der Waals surface area contributed by atoms with Crippen molar-refractivity contribution in [1.29, 1.82) is 0 Å². The van der Waals surface area contributed by atoms with Crippen LogP contribution in [0.1, 0.15) is 5.56 Å². The summed E-state index contributed by atoms with van der Waals surface area (Å²) in [4.78, 5) is 13.0. The van der Waals surface area contributed by atoms with Crippen LogP contribution >= 0.6 is 23.5 Å². The molecule has 0 aliphatic heterocycles. The monoisotopic (exact) mass is 411 g/mol. The average Bonchev–Trinajstić information content (AvgIpc) is 2.68. The van der Waals surface area contributed by atoms with Gasteiger partial charge in [-0.1, -0.05) is 11.6 Å². The van der Waals surface area contributed by atoms with E-state index in [1.54, 1.807) is 12.1 Å². The highest BCUT2D eigenvalue weighted by Gasteiger charge is 2.09. The van der Waals surface area contributed by atoms with Crippen LogP contribution in [-0.2, 0) is 6.54 Å². The van der Waals surface area contributed by atoms with Gasteiger partial charge < -0.3 is 21.5 Å². The summed E-state index contributed by atoms with van der Waals surface area (Å²) in [6.07, 6.45) is 4.14. The van der Waals surface area contributed by atoms with Gasteiger partial charge in [0.1, 0.15) is 10.8 Å². The molecule has 1 heterocycles. The fourth-order valence-corrected chi connectivity index (χ4v) is 2.47. The second-order valence-electron chi connectivity index (χ2n) is 5.12. The minimum absolute atomic E-state index is 0.0692. The molecule has 0 unspecified atom stereocenters. The third-order valence-corrected chi connectivity index (χ3v) is 4.04. The average molecular weight is 412 g/mol. The van der Waals surface area contributed by atoms with Crippen LogP contribution in [0.2, 0.25) is 5.02 Å². The van der Waals surface area contributed by atoms with Gasteiger partial charge in [0.05, 0.1) is 25.0 Å². The lowest BCUT2D eigenvalue weighted by atomic mass is 10.2. The number of aliphatic hydroxyl groups excluding tert-OH is 1. The summed E-state index contributed by atoms with van der Waals surface area (Å²) in [7, 11) is 0. The standard InChI is InChI=1S/C16H19ClFN7OS/c17-13-9-23-16(24-11(6-19)8-21-3-4-26)25-15(13)22-7-10-5-12(27-20)1-2-14(10)18/h1-2,5-6,8-9,26H,3-4,7,19-20H2,(H2,22,23,24,25). The van der Waals surface area contributed by atoms with Crippen molar-refractivity contribution in [2.75, 3.05) is 23.8 Å². The lowest BCUT2D eigenvalue weighted by molar-refractivity contribution is 0.307. The van der Waals surface area contributed by atoms with Gasteiger partial charge in [0.15, 0.2) is 5.82 Å². The summed E-state index contributed by atoms with van der Waals surface area (Å²) in [5.74, 6) is 0.182. The van der Waals surface area contributed by atoms with Gasteiger partial charge in [0.25, 0.3) is 0 Å². The van der Waals surface area contributed by atoms with Crippen LogP contribution in [-0.4, -0.2) is 34.4 Å². The van der Waals surface area contributed by atoms with E-state index in [1.165, 1.54) is 24.7 Å². The molecule has 0 amide bonds. The van der Waals surface area contributed by atoms with Gasteiger partial charge in [-0.15, -0.1) is 0 Å². The number of nitrogens with one attached hydrogen (secondary N) is 2. The predicted molar refractivity (Wildman–Crippen MR) is 107 cm³/mol. The van der Waals surface area contributed by atoms with E-state index in [1.807, 2.05) is 0 Å². The lowest BCUT2D eigenvalue weighted by Crippen LogP contribution is -2.10. The first-order chi connectivity index (χ1) is 13.1. The lowest BCUT2D eigenvalue weighted by Gasteiger charge is -2.11. The van der Waals surface area contributed by atoms with Crippen molar-refractivity contribution < 1.29 is 9.50 Å². The summed E-state index contributed by atoms with van der Waals surface area (Å²) in [6.45, 7) is 0.341. The van der Waals surface area contributed by atoms with Crippen molar-refractivity contribution in [3.05, 3.63) is 52.7 Å². The Labute approximate surface area is 165 Å². The molecule has 1 aromatic heterocycles. The van der Waals surface area contributed by atoms with E-state index in [-0.39, 0.29) is 36.5 Å². The highest BCUT2D eigenvalue weighted by Crippen LogP contribution is 2.22. The molecule has 0 aliphatic rings. The molecule has 7 N–H and O–H groups in total. The Hall–Kier alpha value is -2.40. The number of hydrogen-bond donors (Lipinski definition) is 5. The molecule has 144 valence electrons. The minimum atomic E-state index is -0.364.